The number of nitriles is 1. The highest BCUT2D eigenvalue weighted by Gasteiger charge is 2.27. The Morgan fingerprint density at radius 1 is 1.32 bits per heavy atom. The SMILES string of the molecule is CC(CO)Nc1cc(Nc2ncc(C#N)cc2F)ncc1C(=O)NCC(F)C(C)(C)O. The van der Waals surface area contributed by atoms with Gasteiger partial charge in [-0.3, -0.25) is 4.79 Å². The number of halogens is 2. The first-order valence-corrected chi connectivity index (χ1v) is 9.40. The van der Waals surface area contributed by atoms with Crippen molar-refractivity contribution in [3.8, 4) is 6.07 Å². The third-order valence-corrected chi connectivity index (χ3v) is 4.25. The maximum atomic E-state index is 14.1. The standard InChI is InChI=1S/C20H24F2N6O3/c1-11(10-29)27-15-5-17(28-18-14(21)4-12(6-23)7-25-18)24-8-13(15)19(30)26-9-16(22)20(2,3)31/h4-5,7-8,11,16,29,31H,9-10H2,1-3H3,(H,26,30)(H2,24,25,27,28). The van der Waals surface area contributed by atoms with Gasteiger partial charge in [-0.05, 0) is 26.8 Å². The van der Waals surface area contributed by atoms with Crippen LogP contribution >= 0.6 is 0 Å². The zero-order valence-corrected chi connectivity index (χ0v) is 17.3. The van der Waals surface area contributed by atoms with Gasteiger partial charge >= 0.3 is 0 Å². The zero-order chi connectivity index (χ0) is 23.2. The second kappa shape index (κ2) is 10.1. The third-order valence-electron chi connectivity index (χ3n) is 4.25. The molecule has 0 saturated carbocycles. The fourth-order valence-corrected chi connectivity index (χ4v) is 2.37. The summed E-state index contributed by atoms with van der Waals surface area (Å²) in [4.78, 5) is 20.4. The molecule has 2 aromatic rings. The lowest BCUT2D eigenvalue weighted by Crippen LogP contribution is -2.42. The van der Waals surface area contributed by atoms with Crippen LogP contribution in [0.1, 0.15) is 36.7 Å². The fourth-order valence-electron chi connectivity index (χ4n) is 2.37. The van der Waals surface area contributed by atoms with E-state index >= 15 is 0 Å². The molecule has 0 fully saturated rings. The Morgan fingerprint density at radius 3 is 2.61 bits per heavy atom. The van der Waals surface area contributed by atoms with Crippen molar-refractivity contribution in [2.45, 2.75) is 38.6 Å². The van der Waals surface area contributed by atoms with Crippen molar-refractivity contribution in [1.29, 1.82) is 5.26 Å². The molecule has 0 aliphatic rings. The number of carbonyl (C=O) groups excluding carboxylic acids is 1. The molecule has 0 aromatic carbocycles. The molecule has 166 valence electrons. The number of carbonyl (C=O) groups is 1. The number of amides is 1. The van der Waals surface area contributed by atoms with E-state index in [1.54, 1.807) is 13.0 Å². The van der Waals surface area contributed by atoms with E-state index in [1.165, 1.54) is 32.3 Å². The molecular weight excluding hydrogens is 410 g/mol. The second-order valence-corrected chi connectivity index (χ2v) is 7.47. The molecule has 11 heteroatoms. The lowest BCUT2D eigenvalue weighted by Gasteiger charge is -2.23. The van der Waals surface area contributed by atoms with E-state index in [4.69, 9.17) is 5.26 Å². The summed E-state index contributed by atoms with van der Waals surface area (Å²) < 4.78 is 28.0. The molecule has 2 atom stereocenters. The van der Waals surface area contributed by atoms with Gasteiger partial charge in [-0.25, -0.2) is 18.7 Å². The molecular formula is C20H24F2N6O3. The Balaban J connectivity index is 2.27. The van der Waals surface area contributed by atoms with Gasteiger partial charge in [0.1, 0.15) is 18.1 Å². The number of rotatable bonds is 9. The molecule has 1 amide bonds. The molecule has 9 nitrogen and oxygen atoms in total. The van der Waals surface area contributed by atoms with Crippen LogP contribution in [0.15, 0.2) is 24.5 Å². The first-order valence-electron chi connectivity index (χ1n) is 9.40. The number of alkyl halides is 1. The van der Waals surface area contributed by atoms with Crippen LogP contribution in [0.4, 0.5) is 26.1 Å². The lowest BCUT2D eigenvalue weighted by molar-refractivity contribution is -0.00177. The monoisotopic (exact) mass is 434 g/mol. The largest absolute Gasteiger partial charge is 0.394 e. The normalized spacial score (nSPS) is 13.1. The molecule has 31 heavy (non-hydrogen) atoms. The minimum absolute atomic E-state index is 0.0550. The molecule has 0 saturated heterocycles. The summed E-state index contributed by atoms with van der Waals surface area (Å²) in [6.45, 7) is 3.60. The summed E-state index contributed by atoms with van der Waals surface area (Å²) >= 11 is 0. The smallest absolute Gasteiger partial charge is 0.255 e. The highest BCUT2D eigenvalue weighted by molar-refractivity contribution is 5.99. The van der Waals surface area contributed by atoms with Gasteiger partial charge < -0.3 is 26.2 Å². The molecule has 0 radical (unpaired) electrons. The molecule has 2 heterocycles. The molecule has 2 aromatic heterocycles. The fraction of sp³-hybridized carbons (Fsp3) is 0.400. The van der Waals surface area contributed by atoms with Crippen molar-refractivity contribution in [2.75, 3.05) is 23.8 Å². The van der Waals surface area contributed by atoms with Crippen molar-refractivity contribution in [3.63, 3.8) is 0 Å². The number of pyridine rings is 2. The van der Waals surface area contributed by atoms with Crippen molar-refractivity contribution >= 4 is 23.2 Å². The van der Waals surface area contributed by atoms with E-state index in [2.05, 4.69) is 25.9 Å². The van der Waals surface area contributed by atoms with Crippen LogP contribution in [-0.2, 0) is 0 Å². The van der Waals surface area contributed by atoms with E-state index < -0.39 is 36.1 Å². The maximum Gasteiger partial charge on any atom is 0.255 e. The van der Waals surface area contributed by atoms with Crippen LogP contribution < -0.4 is 16.0 Å². The Labute approximate surface area is 178 Å². The summed E-state index contributed by atoms with van der Waals surface area (Å²) in [6, 6.07) is 3.77. The number of hydrogen-bond donors (Lipinski definition) is 5. The number of aliphatic hydroxyl groups excluding tert-OH is 1. The first-order chi connectivity index (χ1) is 14.5. The highest BCUT2D eigenvalue weighted by Crippen LogP contribution is 2.23. The summed E-state index contributed by atoms with van der Waals surface area (Å²) in [5.74, 6) is -1.45. The number of anilines is 3. The van der Waals surface area contributed by atoms with Crippen LogP contribution in [0.2, 0.25) is 0 Å². The van der Waals surface area contributed by atoms with Gasteiger partial charge in [-0.15, -0.1) is 0 Å². The van der Waals surface area contributed by atoms with E-state index in [-0.39, 0.29) is 35.1 Å². The Hall–Kier alpha value is -3.36. The predicted molar refractivity (Wildman–Crippen MR) is 110 cm³/mol. The zero-order valence-electron chi connectivity index (χ0n) is 17.3. The molecule has 2 rings (SSSR count). The van der Waals surface area contributed by atoms with Crippen molar-refractivity contribution in [2.24, 2.45) is 0 Å². The number of nitrogens with one attached hydrogen (secondary N) is 3. The highest BCUT2D eigenvalue weighted by atomic mass is 19.1. The third kappa shape index (κ3) is 6.56. The van der Waals surface area contributed by atoms with E-state index in [1.807, 2.05) is 0 Å². The van der Waals surface area contributed by atoms with Crippen LogP contribution in [0, 0.1) is 17.1 Å². The molecule has 0 aliphatic heterocycles. The maximum absolute atomic E-state index is 14.1. The molecule has 5 N–H and O–H groups in total. The predicted octanol–water partition coefficient (Wildman–Crippen LogP) is 1.86. The van der Waals surface area contributed by atoms with Gasteiger partial charge in [0.15, 0.2) is 11.6 Å². The van der Waals surface area contributed by atoms with Crippen LogP contribution in [0.25, 0.3) is 0 Å². The van der Waals surface area contributed by atoms with Gasteiger partial charge in [0.25, 0.3) is 5.91 Å². The van der Waals surface area contributed by atoms with E-state index in [9.17, 15) is 23.8 Å². The van der Waals surface area contributed by atoms with Crippen molar-refractivity contribution in [1.82, 2.24) is 15.3 Å². The molecule has 0 bridgehead atoms. The van der Waals surface area contributed by atoms with Gasteiger partial charge in [0.2, 0.25) is 0 Å². The van der Waals surface area contributed by atoms with Gasteiger partial charge in [-0.2, -0.15) is 5.26 Å². The molecule has 0 aliphatic carbocycles. The van der Waals surface area contributed by atoms with E-state index in [0.717, 1.165) is 6.07 Å². The topological polar surface area (TPSA) is 143 Å². The average Bonchev–Trinajstić information content (AvgIpc) is 2.72. The van der Waals surface area contributed by atoms with E-state index in [0.29, 0.717) is 0 Å². The first kappa shape index (κ1) is 23.9. The van der Waals surface area contributed by atoms with Crippen LogP contribution in [0.5, 0.6) is 0 Å². The summed E-state index contributed by atoms with van der Waals surface area (Å²) in [5.41, 5.74) is -1.25. The molecule has 2 unspecified atom stereocenters. The summed E-state index contributed by atoms with van der Waals surface area (Å²) in [6.07, 6.45) is 0.697. The Kier molecular flexibility index (Phi) is 7.79. The minimum Gasteiger partial charge on any atom is -0.394 e. The van der Waals surface area contributed by atoms with Gasteiger partial charge in [-0.1, -0.05) is 0 Å². The van der Waals surface area contributed by atoms with Crippen LogP contribution in [0.3, 0.4) is 0 Å². The van der Waals surface area contributed by atoms with Crippen molar-refractivity contribution in [3.05, 3.63) is 41.5 Å². The number of aliphatic hydroxyl groups is 2. The Bertz CT molecular complexity index is 974. The van der Waals surface area contributed by atoms with Gasteiger partial charge in [0, 0.05) is 24.5 Å². The number of hydrogen-bond acceptors (Lipinski definition) is 8. The van der Waals surface area contributed by atoms with Crippen molar-refractivity contribution < 1.29 is 23.8 Å². The number of nitrogens with zero attached hydrogens (tertiary/aromatic N) is 3. The molecule has 0 spiro atoms. The lowest BCUT2D eigenvalue weighted by atomic mass is 10.0. The van der Waals surface area contributed by atoms with Crippen LogP contribution in [-0.4, -0.2) is 57.1 Å². The van der Waals surface area contributed by atoms with Gasteiger partial charge in [0.05, 0.1) is 35.6 Å². The number of aromatic nitrogens is 2. The summed E-state index contributed by atoms with van der Waals surface area (Å²) in [7, 11) is 0. The second-order valence-electron chi connectivity index (χ2n) is 7.47. The average molecular weight is 434 g/mol. The summed E-state index contributed by atoms with van der Waals surface area (Å²) in [5, 5.41) is 35.8. The quantitative estimate of drug-likeness (QED) is 0.402. The minimum atomic E-state index is -1.69. The Morgan fingerprint density at radius 2 is 2.03 bits per heavy atom.